The molecule has 1 aromatic carbocycles. The molecule has 1 aromatic heterocycles. The summed E-state index contributed by atoms with van der Waals surface area (Å²) in [6.45, 7) is 0. The Balaban J connectivity index is 2.51. The van der Waals surface area contributed by atoms with Gasteiger partial charge in [0.1, 0.15) is 6.26 Å². The molecule has 124 valence electrons. The van der Waals surface area contributed by atoms with Gasteiger partial charge >= 0.3 is 18.0 Å². The highest BCUT2D eigenvalue weighted by atomic mass is 19.4. The minimum atomic E-state index is -6.51. The molecule has 0 aliphatic carbocycles. The number of alkyl halides is 7. The number of benzene rings is 1. The second-order valence-electron chi connectivity index (χ2n) is 4.53. The van der Waals surface area contributed by atoms with Gasteiger partial charge in [0, 0.05) is 6.07 Å². The first-order valence-corrected chi connectivity index (χ1v) is 5.99. The van der Waals surface area contributed by atoms with Crippen LogP contribution in [0.25, 0.3) is 11.1 Å². The lowest BCUT2D eigenvalue weighted by atomic mass is 10.0. The molecule has 2 nitrogen and oxygen atoms in total. The van der Waals surface area contributed by atoms with Crippen LogP contribution in [0.3, 0.4) is 0 Å². The number of hydrogen-bond donors (Lipinski definition) is 0. The highest BCUT2D eigenvalue weighted by Gasteiger charge is 2.74. The molecule has 0 spiro atoms. The molecule has 0 bridgehead atoms. The third-order valence-corrected chi connectivity index (χ3v) is 2.98. The van der Waals surface area contributed by atoms with Crippen molar-refractivity contribution in [3.8, 4) is 11.1 Å². The van der Waals surface area contributed by atoms with Crippen LogP contribution in [-0.4, -0.2) is 12.1 Å². The predicted molar refractivity (Wildman–Crippen MR) is 65.3 cm³/mol. The van der Waals surface area contributed by atoms with E-state index >= 15 is 0 Å². The van der Waals surface area contributed by atoms with Crippen molar-refractivity contribution >= 4 is 0 Å². The smallest absolute Gasteiger partial charge is 0.460 e. The van der Waals surface area contributed by atoms with E-state index in [9.17, 15) is 35.5 Å². The van der Waals surface area contributed by atoms with Gasteiger partial charge in [-0.1, -0.05) is 30.3 Å². The average Bonchev–Trinajstić information content (AvgIpc) is 2.46. The van der Waals surface area contributed by atoms with Crippen LogP contribution < -0.4 is 5.43 Å². The van der Waals surface area contributed by atoms with Crippen LogP contribution in [0.15, 0.2) is 51.9 Å². The SMILES string of the molecule is O=c1cc(C(F)(F)C(F)(F)C(F)(F)F)occ1-c1ccccc1. The van der Waals surface area contributed by atoms with Crippen molar-refractivity contribution in [3.63, 3.8) is 0 Å². The molecule has 9 heteroatoms. The fourth-order valence-corrected chi connectivity index (χ4v) is 1.74. The maximum Gasteiger partial charge on any atom is 0.460 e. The predicted octanol–water partition coefficient (Wildman–Crippen LogP) is 4.60. The van der Waals surface area contributed by atoms with Crippen LogP contribution >= 0.6 is 0 Å². The lowest BCUT2D eigenvalue weighted by Crippen LogP contribution is -2.50. The van der Waals surface area contributed by atoms with Crippen LogP contribution in [0, 0.1) is 0 Å². The zero-order valence-corrected chi connectivity index (χ0v) is 11.0. The minimum Gasteiger partial charge on any atom is -0.462 e. The normalized spacial score (nSPS) is 13.2. The van der Waals surface area contributed by atoms with E-state index in [0.717, 1.165) is 0 Å². The summed E-state index contributed by atoms with van der Waals surface area (Å²) in [6.07, 6.45) is -6.08. The summed E-state index contributed by atoms with van der Waals surface area (Å²) in [4.78, 5) is 11.7. The van der Waals surface area contributed by atoms with E-state index in [0.29, 0.717) is 6.26 Å². The van der Waals surface area contributed by atoms with Gasteiger partial charge in [-0.05, 0) is 5.56 Å². The number of halogens is 7. The molecule has 2 rings (SSSR count). The molecule has 0 aliphatic rings. The number of rotatable bonds is 3. The molecule has 1 heterocycles. The molecule has 0 fully saturated rings. The van der Waals surface area contributed by atoms with E-state index in [1.54, 1.807) is 6.07 Å². The Morgan fingerprint density at radius 2 is 1.43 bits per heavy atom. The van der Waals surface area contributed by atoms with Gasteiger partial charge in [-0.2, -0.15) is 30.7 Å². The first-order valence-electron chi connectivity index (χ1n) is 5.99. The minimum absolute atomic E-state index is 0.0675. The molecule has 0 saturated carbocycles. The molecular formula is C14H7F7O2. The fourth-order valence-electron chi connectivity index (χ4n) is 1.74. The fraction of sp³-hybridized carbons (Fsp3) is 0.214. The molecule has 0 atom stereocenters. The Labute approximate surface area is 124 Å². The Hall–Kier alpha value is -2.32. The maximum absolute atomic E-state index is 13.4. The maximum atomic E-state index is 13.4. The van der Waals surface area contributed by atoms with Crippen molar-refractivity contribution < 1.29 is 35.2 Å². The van der Waals surface area contributed by atoms with Gasteiger partial charge in [0.05, 0.1) is 5.56 Å². The Morgan fingerprint density at radius 3 is 1.91 bits per heavy atom. The third-order valence-electron chi connectivity index (χ3n) is 2.98. The Kier molecular flexibility index (Phi) is 4.00. The summed E-state index contributed by atoms with van der Waals surface area (Å²) in [6, 6.07) is 7.37. The van der Waals surface area contributed by atoms with Crippen LogP contribution in [0.2, 0.25) is 0 Å². The molecule has 0 saturated heterocycles. The van der Waals surface area contributed by atoms with Gasteiger partial charge in [0.25, 0.3) is 0 Å². The zero-order valence-electron chi connectivity index (χ0n) is 11.0. The van der Waals surface area contributed by atoms with Crippen LogP contribution in [0.5, 0.6) is 0 Å². The van der Waals surface area contributed by atoms with Gasteiger partial charge in [0.15, 0.2) is 11.2 Å². The first kappa shape index (κ1) is 17.0. The Morgan fingerprint density at radius 1 is 0.870 bits per heavy atom. The number of hydrogen-bond acceptors (Lipinski definition) is 2. The van der Waals surface area contributed by atoms with Gasteiger partial charge in [-0.3, -0.25) is 4.79 Å². The first-order chi connectivity index (χ1) is 10.5. The topological polar surface area (TPSA) is 30.2 Å². The highest BCUT2D eigenvalue weighted by molar-refractivity contribution is 5.61. The zero-order chi connectivity index (χ0) is 17.5. The molecule has 0 aliphatic heterocycles. The van der Waals surface area contributed by atoms with Crippen LogP contribution in [0.4, 0.5) is 30.7 Å². The summed E-state index contributed by atoms with van der Waals surface area (Å²) < 4.78 is 93.2. The molecule has 23 heavy (non-hydrogen) atoms. The molecular weight excluding hydrogens is 333 g/mol. The summed E-state index contributed by atoms with van der Waals surface area (Å²) in [5.41, 5.74) is -1.19. The van der Waals surface area contributed by atoms with Crippen LogP contribution in [0.1, 0.15) is 5.76 Å². The Bertz CT molecular complexity index is 748. The van der Waals surface area contributed by atoms with Gasteiger partial charge in [0.2, 0.25) is 0 Å². The summed E-state index contributed by atoms with van der Waals surface area (Å²) in [5, 5.41) is 0. The van der Waals surface area contributed by atoms with E-state index in [4.69, 9.17) is 0 Å². The highest BCUT2D eigenvalue weighted by Crippen LogP contribution is 2.51. The molecule has 0 radical (unpaired) electrons. The van der Waals surface area contributed by atoms with E-state index in [1.807, 2.05) is 0 Å². The standard InChI is InChI=1S/C14H7F7O2/c15-12(16,13(17,18)14(19,20)21)11-6-10(22)9(7-23-11)8-4-2-1-3-5-8/h1-7H. The van der Waals surface area contributed by atoms with Crippen molar-refractivity contribution in [1.29, 1.82) is 0 Å². The summed E-state index contributed by atoms with van der Waals surface area (Å²) in [7, 11) is 0. The lowest BCUT2D eigenvalue weighted by molar-refractivity contribution is -0.363. The van der Waals surface area contributed by atoms with Crippen molar-refractivity contribution in [2.75, 3.05) is 0 Å². The second-order valence-corrected chi connectivity index (χ2v) is 4.53. The second kappa shape index (κ2) is 5.39. The molecule has 2 aromatic rings. The third kappa shape index (κ3) is 2.82. The van der Waals surface area contributed by atoms with Gasteiger partial charge in [-0.25, -0.2) is 0 Å². The van der Waals surface area contributed by atoms with Gasteiger partial charge < -0.3 is 4.42 Å². The largest absolute Gasteiger partial charge is 0.462 e. The molecule has 0 unspecified atom stereocenters. The summed E-state index contributed by atoms with van der Waals surface area (Å²) >= 11 is 0. The van der Waals surface area contributed by atoms with E-state index in [-0.39, 0.29) is 17.2 Å². The lowest BCUT2D eigenvalue weighted by Gasteiger charge is -2.27. The van der Waals surface area contributed by atoms with Gasteiger partial charge in [-0.15, -0.1) is 0 Å². The van der Waals surface area contributed by atoms with E-state index < -0.39 is 29.2 Å². The summed E-state index contributed by atoms with van der Waals surface area (Å²) in [5.74, 6) is -14.2. The van der Waals surface area contributed by atoms with E-state index in [1.165, 1.54) is 24.3 Å². The van der Waals surface area contributed by atoms with Crippen molar-refractivity contribution in [2.45, 2.75) is 18.0 Å². The average molecular weight is 340 g/mol. The van der Waals surface area contributed by atoms with Crippen LogP contribution in [-0.2, 0) is 5.92 Å². The molecule has 0 amide bonds. The van der Waals surface area contributed by atoms with E-state index in [2.05, 4.69) is 4.42 Å². The van der Waals surface area contributed by atoms with Crippen molar-refractivity contribution in [1.82, 2.24) is 0 Å². The van der Waals surface area contributed by atoms with Crippen molar-refractivity contribution in [2.24, 2.45) is 0 Å². The quantitative estimate of drug-likeness (QED) is 0.765. The molecule has 0 N–H and O–H groups in total. The monoisotopic (exact) mass is 340 g/mol. The van der Waals surface area contributed by atoms with Crippen molar-refractivity contribution in [3.05, 3.63) is 58.6 Å².